The minimum atomic E-state index is 0.370. The molecule has 3 rings (SSSR count). The number of aldehydes is 1. The SMILES string of the molecule is O=Cc1ccc(-c2cnnn2C2CCNC2)s1. The summed E-state index contributed by atoms with van der Waals surface area (Å²) in [6, 6.07) is 4.15. The minimum Gasteiger partial charge on any atom is -0.315 e. The molecule has 2 aromatic heterocycles. The number of hydrogen-bond acceptors (Lipinski definition) is 5. The topological polar surface area (TPSA) is 59.8 Å². The van der Waals surface area contributed by atoms with Gasteiger partial charge in [-0.3, -0.25) is 4.79 Å². The summed E-state index contributed by atoms with van der Waals surface area (Å²) in [5, 5.41) is 11.5. The van der Waals surface area contributed by atoms with E-state index in [-0.39, 0.29) is 0 Å². The summed E-state index contributed by atoms with van der Waals surface area (Å²) in [5.74, 6) is 0. The number of rotatable bonds is 3. The fraction of sp³-hybridized carbons (Fsp3) is 0.364. The van der Waals surface area contributed by atoms with E-state index >= 15 is 0 Å². The van der Waals surface area contributed by atoms with Gasteiger partial charge in [-0.05, 0) is 25.1 Å². The molecule has 1 fully saturated rings. The number of aromatic nitrogens is 3. The van der Waals surface area contributed by atoms with Crippen molar-refractivity contribution in [1.29, 1.82) is 0 Å². The van der Waals surface area contributed by atoms with Crippen LogP contribution >= 0.6 is 11.3 Å². The lowest BCUT2D eigenvalue weighted by Crippen LogP contribution is -2.15. The van der Waals surface area contributed by atoms with Gasteiger partial charge in [0.25, 0.3) is 0 Å². The van der Waals surface area contributed by atoms with Crippen molar-refractivity contribution in [3.05, 3.63) is 23.2 Å². The summed E-state index contributed by atoms with van der Waals surface area (Å²) in [5.41, 5.74) is 0.997. The average molecular weight is 248 g/mol. The Morgan fingerprint density at radius 2 is 2.47 bits per heavy atom. The van der Waals surface area contributed by atoms with E-state index in [1.165, 1.54) is 11.3 Å². The molecule has 0 aromatic carbocycles. The van der Waals surface area contributed by atoms with Crippen molar-refractivity contribution >= 4 is 17.6 Å². The molecule has 5 nitrogen and oxygen atoms in total. The molecule has 88 valence electrons. The molecule has 17 heavy (non-hydrogen) atoms. The van der Waals surface area contributed by atoms with Crippen molar-refractivity contribution in [2.75, 3.05) is 13.1 Å². The van der Waals surface area contributed by atoms with Crippen LogP contribution in [0, 0.1) is 0 Å². The second kappa shape index (κ2) is 4.38. The van der Waals surface area contributed by atoms with Crippen LogP contribution in [0.25, 0.3) is 10.6 Å². The van der Waals surface area contributed by atoms with Gasteiger partial charge in [0, 0.05) is 6.54 Å². The largest absolute Gasteiger partial charge is 0.315 e. The minimum absolute atomic E-state index is 0.370. The van der Waals surface area contributed by atoms with Crippen LogP contribution in [-0.4, -0.2) is 34.4 Å². The first-order valence-corrected chi connectivity index (χ1v) is 6.36. The molecule has 2 aromatic rings. The first kappa shape index (κ1) is 10.6. The Morgan fingerprint density at radius 1 is 1.53 bits per heavy atom. The van der Waals surface area contributed by atoms with Gasteiger partial charge in [0.05, 0.1) is 27.7 Å². The highest BCUT2D eigenvalue weighted by molar-refractivity contribution is 7.17. The van der Waals surface area contributed by atoms with Gasteiger partial charge in [0.1, 0.15) is 0 Å². The summed E-state index contributed by atoms with van der Waals surface area (Å²) in [6.07, 6.45) is 3.71. The maximum Gasteiger partial charge on any atom is 0.160 e. The Bertz CT molecular complexity index is 527. The van der Waals surface area contributed by atoms with E-state index in [2.05, 4.69) is 15.6 Å². The number of hydrogen-bond donors (Lipinski definition) is 1. The number of nitrogens with zero attached hydrogens (tertiary/aromatic N) is 3. The van der Waals surface area contributed by atoms with Gasteiger partial charge in [-0.15, -0.1) is 16.4 Å². The summed E-state index contributed by atoms with van der Waals surface area (Å²) in [6.45, 7) is 1.95. The zero-order valence-electron chi connectivity index (χ0n) is 9.17. The van der Waals surface area contributed by atoms with Gasteiger partial charge in [-0.2, -0.15) is 0 Å². The van der Waals surface area contributed by atoms with Gasteiger partial charge in [-0.25, -0.2) is 4.68 Å². The molecule has 1 saturated heterocycles. The Hall–Kier alpha value is -1.53. The molecule has 1 aliphatic rings. The lowest BCUT2D eigenvalue weighted by molar-refractivity contribution is 0.112. The van der Waals surface area contributed by atoms with Crippen molar-refractivity contribution in [3.8, 4) is 10.6 Å². The molecule has 1 unspecified atom stereocenters. The number of nitrogens with one attached hydrogen (secondary N) is 1. The third-order valence-corrected chi connectivity index (χ3v) is 3.98. The third kappa shape index (κ3) is 1.89. The van der Waals surface area contributed by atoms with Crippen LogP contribution in [-0.2, 0) is 0 Å². The highest BCUT2D eigenvalue weighted by Gasteiger charge is 2.21. The fourth-order valence-electron chi connectivity index (χ4n) is 2.09. The van der Waals surface area contributed by atoms with Crippen molar-refractivity contribution in [2.24, 2.45) is 0 Å². The van der Waals surface area contributed by atoms with E-state index in [9.17, 15) is 4.79 Å². The normalized spacial score (nSPS) is 19.6. The maximum atomic E-state index is 10.7. The fourth-order valence-corrected chi connectivity index (χ4v) is 2.92. The Labute approximate surface area is 102 Å². The molecule has 0 radical (unpaired) electrons. The van der Waals surface area contributed by atoms with E-state index in [0.29, 0.717) is 6.04 Å². The zero-order chi connectivity index (χ0) is 11.7. The lowest BCUT2D eigenvalue weighted by Gasteiger charge is -2.10. The standard InChI is InChI=1S/C11H12N4OS/c16-7-9-1-2-11(17-9)10-6-13-14-15(10)8-3-4-12-5-8/h1-2,6-8,12H,3-5H2. The van der Waals surface area contributed by atoms with Crippen LogP contribution in [0.15, 0.2) is 18.3 Å². The molecular formula is C11H12N4OS. The highest BCUT2D eigenvalue weighted by atomic mass is 32.1. The van der Waals surface area contributed by atoms with Gasteiger partial charge in [-0.1, -0.05) is 5.21 Å². The first-order valence-electron chi connectivity index (χ1n) is 5.55. The van der Waals surface area contributed by atoms with Gasteiger partial charge >= 0.3 is 0 Å². The van der Waals surface area contributed by atoms with E-state index < -0.39 is 0 Å². The molecule has 0 spiro atoms. The van der Waals surface area contributed by atoms with Crippen LogP contribution in [0.4, 0.5) is 0 Å². The smallest absolute Gasteiger partial charge is 0.160 e. The quantitative estimate of drug-likeness (QED) is 0.833. The molecular weight excluding hydrogens is 236 g/mol. The lowest BCUT2D eigenvalue weighted by atomic mass is 10.2. The molecule has 0 saturated carbocycles. The van der Waals surface area contributed by atoms with Crippen LogP contribution in [0.5, 0.6) is 0 Å². The first-order chi connectivity index (χ1) is 8.38. The van der Waals surface area contributed by atoms with Crippen molar-refractivity contribution in [3.63, 3.8) is 0 Å². The summed E-state index contributed by atoms with van der Waals surface area (Å²) in [7, 11) is 0. The molecule has 1 aliphatic heterocycles. The maximum absolute atomic E-state index is 10.7. The zero-order valence-corrected chi connectivity index (χ0v) is 9.98. The third-order valence-electron chi connectivity index (χ3n) is 2.95. The molecule has 1 N–H and O–H groups in total. The van der Waals surface area contributed by atoms with Crippen LogP contribution in [0.1, 0.15) is 22.1 Å². The van der Waals surface area contributed by atoms with Crippen molar-refractivity contribution in [2.45, 2.75) is 12.5 Å². The summed E-state index contributed by atoms with van der Waals surface area (Å²) >= 11 is 1.47. The average Bonchev–Trinajstić information content (AvgIpc) is 3.09. The Morgan fingerprint density at radius 3 is 3.18 bits per heavy atom. The monoisotopic (exact) mass is 248 g/mol. The van der Waals surface area contributed by atoms with Crippen LogP contribution in [0.2, 0.25) is 0 Å². The van der Waals surface area contributed by atoms with Crippen LogP contribution in [0.3, 0.4) is 0 Å². The van der Waals surface area contributed by atoms with E-state index in [1.54, 1.807) is 6.20 Å². The number of carbonyl (C=O) groups excluding carboxylic acids is 1. The molecule has 6 heteroatoms. The second-order valence-corrected chi connectivity index (χ2v) is 5.15. The van der Waals surface area contributed by atoms with Gasteiger partial charge in [0.2, 0.25) is 0 Å². The molecule has 0 aliphatic carbocycles. The Kier molecular flexibility index (Phi) is 2.74. The molecule has 3 heterocycles. The number of thiophene rings is 1. The molecule has 0 bridgehead atoms. The second-order valence-electron chi connectivity index (χ2n) is 4.03. The highest BCUT2D eigenvalue weighted by Crippen LogP contribution is 2.29. The van der Waals surface area contributed by atoms with Crippen LogP contribution < -0.4 is 5.32 Å². The van der Waals surface area contributed by atoms with E-state index in [0.717, 1.165) is 41.2 Å². The predicted octanol–water partition coefficient (Wildman–Crippen LogP) is 1.35. The van der Waals surface area contributed by atoms with E-state index in [4.69, 9.17) is 0 Å². The molecule has 0 amide bonds. The number of carbonyl (C=O) groups is 1. The van der Waals surface area contributed by atoms with E-state index in [1.807, 2.05) is 16.8 Å². The molecule has 1 atom stereocenters. The van der Waals surface area contributed by atoms with Gasteiger partial charge in [0.15, 0.2) is 6.29 Å². The van der Waals surface area contributed by atoms with Gasteiger partial charge < -0.3 is 5.32 Å². The predicted molar refractivity (Wildman–Crippen MR) is 65.2 cm³/mol. The summed E-state index contributed by atoms with van der Waals surface area (Å²) < 4.78 is 1.96. The van der Waals surface area contributed by atoms with Crippen molar-refractivity contribution in [1.82, 2.24) is 20.3 Å². The Balaban J connectivity index is 1.97. The van der Waals surface area contributed by atoms with Crippen molar-refractivity contribution < 1.29 is 4.79 Å². The summed E-state index contributed by atoms with van der Waals surface area (Å²) in [4.78, 5) is 12.5.